The molecule has 0 unspecified atom stereocenters. The molecular formula is C18H19NO5. The minimum Gasteiger partial charge on any atom is -0.462 e. The molecule has 24 heavy (non-hydrogen) atoms. The van der Waals surface area contributed by atoms with E-state index in [0.29, 0.717) is 5.69 Å². The zero-order chi connectivity index (χ0) is 17.9. The summed E-state index contributed by atoms with van der Waals surface area (Å²) >= 11 is 0. The van der Waals surface area contributed by atoms with Crippen LogP contribution in [0.2, 0.25) is 0 Å². The number of allylic oxidation sites excluding steroid dienone is 2. The van der Waals surface area contributed by atoms with E-state index in [2.05, 4.69) is 0 Å². The Balaban J connectivity index is 2.33. The Morgan fingerprint density at radius 1 is 1.21 bits per heavy atom. The van der Waals surface area contributed by atoms with Crippen LogP contribution in [0, 0.1) is 6.92 Å². The maximum atomic E-state index is 12.4. The van der Waals surface area contributed by atoms with Crippen LogP contribution in [0.15, 0.2) is 47.6 Å². The number of nitrogens with zero attached hydrogens (tertiary/aromatic N) is 1. The van der Waals surface area contributed by atoms with Gasteiger partial charge in [0.15, 0.2) is 5.76 Å². The normalized spacial score (nSPS) is 15.5. The molecule has 0 bridgehead atoms. The van der Waals surface area contributed by atoms with Crippen LogP contribution in [0.1, 0.15) is 26.3 Å². The van der Waals surface area contributed by atoms with Gasteiger partial charge < -0.3 is 9.47 Å². The lowest BCUT2D eigenvalue weighted by Gasteiger charge is -2.17. The highest BCUT2D eigenvalue weighted by Crippen LogP contribution is 2.27. The highest BCUT2D eigenvalue weighted by Gasteiger charge is 2.35. The summed E-state index contributed by atoms with van der Waals surface area (Å²) in [6, 6.07) is 7.24. The number of aryl methyl sites for hydroxylation is 1. The van der Waals surface area contributed by atoms with E-state index in [-0.39, 0.29) is 29.6 Å². The zero-order valence-electron chi connectivity index (χ0n) is 14.1. The number of ether oxygens (including phenoxy) is 2. The first-order chi connectivity index (χ1) is 11.3. The molecule has 126 valence electrons. The fraction of sp³-hybridized carbons (Fsp3) is 0.278. The Bertz CT molecular complexity index is 743. The van der Waals surface area contributed by atoms with Crippen molar-refractivity contribution < 1.29 is 23.9 Å². The van der Waals surface area contributed by atoms with Crippen molar-refractivity contribution in [2.45, 2.75) is 27.7 Å². The number of esters is 1. The van der Waals surface area contributed by atoms with Crippen molar-refractivity contribution in [2.75, 3.05) is 11.5 Å². The van der Waals surface area contributed by atoms with Crippen molar-refractivity contribution in [1.29, 1.82) is 0 Å². The Morgan fingerprint density at radius 2 is 1.83 bits per heavy atom. The van der Waals surface area contributed by atoms with Crippen molar-refractivity contribution in [3.05, 3.63) is 53.1 Å². The summed E-state index contributed by atoms with van der Waals surface area (Å²) in [6.45, 7) is 6.63. The van der Waals surface area contributed by atoms with Crippen LogP contribution in [0.4, 0.5) is 5.69 Å². The van der Waals surface area contributed by atoms with Crippen molar-refractivity contribution in [3.63, 3.8) is 0 Å². The van der Waals surface area contributed by atoms with Crippen LogP contribution < -0.4 is 4.90 Å². The summed E-state index contributed by atoms with van der Waals surface area (Å²) in [5.74, 6) is -1.54. The van der Waals surface area contributed by atoms with Gasteiger partial charge in [0.1, 0.15) is 11.3 Å². The Kier molecular flexibility index (Phi) is 5.18. The largest absolute Gasteiger partial charge is 0.462 e. The third-order valence-corrected chi connectivity index (χ3v) is 3.44. The van der Waals surface area contributed by atoms with Gasteiger partial charge in [0, 0.05) is 12.6 Å². The second-order valence-electron chi connectivity index (χ2n) is 5.30. The molecule has 0 aromatic heterocycles. The van der Waals surface area contributed by atoms with Crippen molar-refractivity contribution >= 4 is 23.3 Å². The topological polar surface area (TPSA) is 72.9 Å². The van der Waals surface area contributed by atoms with Gasteiger partial charge in [0.05, 0.1) is 12.8 Å². The highest BCUT2D eigenvalue weighted by atomic mass is 16.5. The predicted octanol–water partition coefficient (Wildman–Crippen LogP) is 2.63. The molecule has 1 heterocycles. The molecule has 0 radical (unpaired) electrons. The van der Waals surface area contributed by atoms with Crippen molar-refractivity contribution in [1.82, 2.24) is 0 Å². The van der Waals surface area contributed by atoms with Crippen molar-refractivity contribution in [3.8, 4) is 0 Å². The Hall–Kier alpha value is -2.89. The lowest BCUT2D eigenvalue weighted by Crippen LogP contribution is -2.24. The lowest BCUT2D eigenvalue weighted by molar-refractivity contribution is -0.139. The summed E-state index contributed by atoms with van der Waals surface area (Å²) < 4.78 is 10.2. The second kappa shape index (κ2) is 7.12. The molecule has 0 aliphatic carbocycles. The molecule has 0 atom stereocenters. The van der Waals surface area contributed by atoms with Crippen LogP contribution in [-0.2, 0) is 23.9 Å². The number of anilines is 1. The van der Waals surface area contributed by atoms with E-state index in [4.69, 9.17) is 9.47 Å². The van der Waals surface area contributed by atoms with Gasteiger partial charge in [-0.15, -0.1) is 0 Å². The van der Waals surface area contributed by atoms with Gasteiger partial charge in [-0.05, 0) is 32.9 Å². The quantitative estimate of drug-likeness (QED) is 0.482. The van der Waals surface area contributed by atoms with Crippen LogP contribution in [0.25, 0.3) is 0 Å². The molecule has 1 aliphatic heterocycles. The number of hydrogen-bond acceptors (Lipinski definition) is 5. The van der Waals surface area contributed by atoms with Gasteiger partial charge in [0.2, 0.25) is 11.7 Å². The number of hydrogen-bond donors (Lipinski definition) is 0. The van der Waals surface area contributed by atoms with E-state index in [9.17, 15) is 14.4 Å². The smallest absolute Gasteiger partial charge is 0.345 e. The molecule has 1 aromatic rings. The summed E-state index contributed by atoms with van der Waals surface area (Å²) in [4.78, 5) is 37.5. The van der Waals surface area contributed by atoms with Gasteiger partial charge in [-0.1, -0.05) is 17.7 Å². The summed E-state index contributed by atoms with van der Waals surface area (Å²) in [5.41, 5.74) is 1.50. The van der Waals surface area contributed by atoms with E-state index < -0.39 is 11.8 Å². The standard InChI is InChI=1S/C18H19NO5/c1-5-23-18(22)16-12(3)24-15(17(16)21)10-19(13(4)20)14-8-6-11(2)7-9-14/h6-10H,5H2,1-4H3. The summed E-state index contributed by atoms with van der Waals surface area (Å²) in [6.07, 6.45) is 1.30. The Morgan fingerprint density at radius 3 is 2.38 bits per heavy atom. The Labute approximate surface area is 140 Å². The van der Waals surface area contributed by atoms with E-state index in [0.717, 1.165) is 5.56 Å². The average Bonchev–Trinajstić information content (AvgIpc) is 2.80. The maximum absolute atomic E-state index is 12.4. The second-order valence-corrected chi connectivity index (χ2v) is 5.30. The fourth-order valence-corrected chi connectivity index (χ4v) is 2.24. The van der Waals surface area contributed by atoms with Gasteiger partial charge in [0.25, 0.3) is 0 Å². The number of ketones is 1. The monoisotopic (exact) mass is 329 g/mol. The van der Waals surface area contributed by atoms with Gasteiger partial charge >= 0.3 is 5.97 Å². The minimum absolute atomic E-state index is 0.0914. The lowest BCUT2D eigenvalue weighted by atomic mass is 10.1. The summed E-state index contributed by atoms with van der Waals surface area (Å²) in [7, 11) is 0. The molecule has 1 aliphatic rings. The number of carbonyl (C=O) groups excluding carboxylic acids is 3. The highest BCUT2D eigenvalue weighted by molar-refractivity contribution is 6.25. The molecule has 0 saturated heterocycles. The molecule has 0 saturated carbocycles. The number of benzene rings is 1. The van der Waals surface area contributed by atoms with Crippen LogP contribution in [0.3, 0.4) is 0 Å². The number of amides is 1. The van der Waals surface area contributed by atoms with E-state index in [1.165, 1.54) is 24.9 Å². The molecule has 6 heteroatoms. The van der Waals surface area contributed by atoms with E-state index >= 15 is 0 Å². The first-order valence-corrected chi connectivity index (χ1v) is 7.54. The molecule has 6 nitrogen and oxygen atoms in total. The number of rotatable bonds is 4. The fourth-order valence-electron chi connectivity index (χ4n) is 2.24. The predicted molar refractivity (Wildman–Crippen MR) is 87.8 cm³/mol. The third kappa shape index (κ3) is 3.53. The molecule has 0 fully saturated rings. The first-order valence-electron chi connectivity index (χ1n) is 7.54. The van der Waals surface area contributed by atoms with E-state index in [1.54, 1.807) is 19.1 Å². The molecule has 1 aromatic carbocycles. The third-order valence-electron chi connectivity index (χ3n) is 3.44. The van der Waals surface area contributed by atoms with Crippen molar-refractivity contribution in [2.24, 2.45) is 0 Å². The molecule has 0 N–H and O–H groups in total. The average molecular weight is 329 g/mol. The number of Topliss-reactive ketones (excluding diaryl/α,β-unsaturated/α-hetero) is 1. The SMILES string of the molecule is CCOC(=O)C1=C(C)OC(=CN(C(C)=O)c2ccc(C)cc2)C1=O. The van der Waals surface area contributed by atoms with E-state index in [1.807, 2.05) is 19.1 Å². The number of carbonyl (C=O) groups is 3. The molecule has 0 spiro atoms. The van der Waals surface area contributed by atoms with Gasteiger partial charge in [-0.3, -0.25) is 14.5 Å². The van der Waals surface area contributed by atoms with Crippen LogP contribution in [-0.4, -0.2) is 24.3 Å². The first kappa shape index (κ1) is 17.5. The molecule has 2 rings (SSSR count). The summed E-state index contributed by atoms with van der Waals surface area (Å²) in [5, 5.41) is 0. The van der Waals surface area contributed by atoms with Gasteiger partial charge in [-0.25, -0.2) is 4.79 Å². The van der Waals surface area contributed by atoms with Crippen LogP contribution >= 0.6 is 0 Å². The van der Waals surface area contributed by atoms with Gasteiger partial charge in [-0.2, -0.15) is 0 Å². The minimum atomic E-state index is -0.729. The molecular weight excluding hydrogens is 310 g/mol. The van der Waals surface area contributed by atoms with Crippen LogP contribution in [0.5, 0.6) is 0 Å². The maximum Gasteiger partial charge on any atom is 0.345 e. The zero-order valence-corrected chi connectivity index (χ0v) is 14.1. The molecule has 1 amide bonds.